The lowest BCUT2D eigenvalue weighted by molar-refractivity contribution is -0.139. The predicted molar refractivity (Wildman–Crippen MR) is 111 cm³/mol. The number of allylic oxidation sites excluding steroid dienone is 2. The average Bonchev–Trinajstić information content (AvgIpc) is 2.72. The molecule has 0 spiro atoms. The Labute approximate surface area is 165 Å². The molecule has 1 heterocycles. The molecular formula is C24H25NO3. The molecular weight excluding hydrogens is 350 g/mol. The van der Waals surface area contributed by atoms with Gasteiger partial charge in [-0.2, -0.15) is 0 Å². The van der Waals surface area contributed by atoms with Crippen molar-refractivity contribution in [2.24, 2.45) is 0 Å². The van der Waals surface area contributed by atoms with E-state index in [4.69, 9.17) is 4.74 Å². The maximum Gasteiger partial charge on any atom is 0.330 e. The molecule has 2 atom stereocenters. The van der Waals surface area contributed by atoms with Crippen molar-refractivity contribution in [3.8, 4) is 0 Å². The minimum Gasteiger partial charge on any atom is -0.458 e. The minimum atomic E-state index is -0.504. The van der Waals surface area contributed by atoms with Gasteiger partial charge in [0.2, 0.25) is 0 Å². The van der Waals surface area contributed by atoms with E-state index in [1.807, 2.05) is 79.9 Å². The molecule has 0 bridgehead atoms. The van der Waals surface area contributed by atoms with Crippen LogP contribution in [-0.2, 0) is 16.1 Å². The Morgan fingerprint density at radius 2 is 2.00 bits per heavy atom. The molecule has 1 aliphatic heterocycles. The van der Waals surface area contributed by atoms with Gasteiger partial charge < -0.3 is 15.2 Å². The molecule has 0 aromatic heterocycles. The topological polar surface area (TPSA) is 58.6 Å². The van der Waals surface area contributed by atoms with Crippen LogP contribution in [0.2, 0.25) is 0 Å². The summed E-state index contributed by atoms with van der Waals surface area (Å²) in [5.74, 6) is -0.375. The van der Waals surface area contributed by atoms with Crippen LogP contribution in [0.15, 0.2) is 85.1 Å². The Bertz CT molecular complexity index is 912. The summed E-state index contributed by atoms with van der Waals surface area (Å²) in [4.78, 5) is 12.0. The van der Waals surface area contributed by atoms with E-state index in [-0.39, 0.29) is 12.6 Å². The third kappa shape index (κ3) is 5.21. The first-order chi connectivity index (χ1) is 13.5. The van der Waals surface area contributed by atoms with Gasteiger partial charge in [-0.25, -0.2) is 4.79 Å². The van der Waals surface area contributed by atoms with Gasteiger partial charge in [0.15, 0.2) is 0 Å². The van der Waals surface area contributed by atoms with Crippen molar-refractivity contribution in [1.29, 1.82) is 0 Å². The molecule has 0 aliphatic carbocycles. The summed E-state index contributed by atoms with van der Waals surface area (Å²) in [5, 5.41) is 13.1. The van der Waals surface area contributed by atoms with E-state index in [0.29, 0.717) is 0 Å². The quantitative estimate of drug-likeness (QED) is 0.584. The largest absolute Gasteiger partial charge is 0.458 e. The SMILES string of the molecule is C[C@@H](O)c1cccc(C2=CNC(C)(/C=C/C(=O)OCc3ccccc3)C=C2)c1. The Morgan fingerprint density at radius 1 is 1.21 bits per heavy atom. The fourth-order valence-corrected chi connectivity index (χ4v) is 2.87. The molecule has 2 N–H and O–H groups in total. The number of nitrogens with one attached hydrogen (secondary N) is 1. The van der Waals surface area contributed by atoms with E-state index in [1.165, 1.54) is 6.08 Å². The van der Waals surface area contributed by atoms with Crippen LogP contribution in [-0.4, -0.2) is 16.6 Å². The van der Waals surface area contributed by atoms with Crippen molar-refractivity contribution in [3.63, 3.8) is 0 Å². The molecule has 3 rings (SSSR count). The summed E-state index contributed by atoms with van der Waals surface area (Å²) in [7, 11) is 0. The van der Waals surface area contributed by atoms with E-state index in [2.05, 4.69) is 5.32 Å². The minimum absolute atomic E-state index is 0.258. The first-order valence-electron chi connectivity index (χ1n) is 9.31. The molecule has 0 fully saturated rings. The summed E-state index contributed by atoms with van der Waals surface area (Å²) in [5.41, 5.74) is 3.40. The van der Waals surface area contributed by atoms with Gasteiger partial charge in [-0.05, 0) is 48.3 Å². The van der Waals surface area contributed by atoms with Crippen molar-refractivity contribution in [2.75, 3.05) is 0 Å². The number of benzene rings is 2. The number of esters is 1. The molecule has 0 amide bonds. The molecule has 1 aliphatic rings. The second-order valence-corrected chi connectivity index (χ2v) is 7.09. The molecule has 28 heavy (non-hydrogen) atoms. The highest BCUT2D eigenvalue weighted by Crippen LogP contribution is 2.25. The molecule has 4 heteroatoms. The maximum absolute atomic E-state index is 12.0. The van der Waals surface area contributed by atoms with Crippen LogP contribution < -0.4 is 5.32 Å². The van der Waals surface area contributed by atoms with Gasteiger partial charge in [-0.1, -0.05) is 60.7 Å². The van der Waals surface area contributed by atoms with Gasteiger partial charge in [0.05, 0.1) is 11.6 Å². The Kier molecular flexibility index (Phi) is 6.12. The molecule has 2 aromatic rings. The van der Waals surface area contributed by atoms with Crippen molar-refractivity contribution in [3.05, 3.63) is 102 Å². The number of aliphatic hydroxyl groups excluding tert-OH is 1. The third-order valence-corrected chi connectivity index (χ3v) is 4.64. The average molecular weight is 375 g/mol. The second-order valence-electron chi connectivity index (χ2n) is 7.09. The van der Waals surface area contributed by atoms with Crippen LogP contribution in [0.1, 0.15) is 36.6 Å². The highest BCUT2D eigenvalue weighted by Gasteiger charge is 2.19. The third-order valence-electron chi connectivity index (χ3n) is 4.64. The number of hydrogen-bond acceptors (Lipinski definition) is 4. The lowest BCUT2D eigenvalue weighted by Gasteiger charge is -2.27. The lowest BCUT2D eigenvalue weighted by atomic mass is 9.93. The first-order valence-corrected chi connectivity index (χ1v) is 9.31. The number of rotatable bonds is 6. The van der Waals surface area contributed by atoms with Crippen molar-refractivity contribution in [2.45, 2.75) is 32.1 Å². The van der Waals surface area contributed by atoms with Crippen LogP contribution in [0.25, 0.3) is 5.57 Å². The molecule has 2 aromatic carbocycles. The fourth-order valence-electron chi connectivity index (χ4n) is 2.87. The van der Waals surface area contributed by atoms with Crippen molar-refractivity contribution in [1.82, 2.24) is 5.32 Å². The normalized spacial score (nSPS) is 19.8. The van der Waals surface area contributed by atoms with E-state index in [1.54, 1.807) is 13.0 Å². The number of carbonyl (C=O) groups is 1. The molecule has 144 valence electrons. The van der Waals surface area contributed by atoms with Gasteiger partial charge in [-0.15, -0.1) is 0 Å². The molecule has 0 saturated carbocycles. The zero-order chi connectivity index (χ0) is 20.0. The van der Waals surface area contributed by atoms with Gasteiger partial charge in [0.25, 0.3) is 0 Å². The van der Waals surface area contributed by atoms with Crippen molar-refractivity contribution >= 4 is 11.5 Å². The number of aliphatic hydroxyl groups is 1. The van der Waals surface area contributed by atoms with Crippen LogP contribution in [0, 0.1) is 0 Å². The zero-order valence-electron chi connectivity index (χ0n) is 16.1. The molecule has 0 radical (unpaired) electrons. The Balaban J connectivity index is 1.59. The van der Waals surface area contributed by atoms with E-state index < -0.39 is 11.6 Å². The fraction of sp³-hybridized carbons (Fsp3) is 0.208. The summed E-state index contributed by atoms with van der Waals surface area (Å²) >= 11 is 0. The van der Waals surface area contributed by atoms with Gasteiger partial charge in [0, 0.05) is 12.3 Å². The number of carbonyl (C=O) groups excluding carboxylic acids is 1. The second kappa shape index (κ2) is 8.72. The van der Waals surface area contributed by atoms with Crippen LogP contribution >= 0.6 is 0 Å². The highest BCUT2D eigenvalue weighted by molar-refractivity contribution is 5.82. The van der Waals surface area contributed by atoms with Crippen LogP contribution in [0.3, 0.4) is 0 Å². The lowest BCUT2D eigenvalue weighted by Crippen LogP contribution is -2.36. The van der Waals surface area contributed by atoms with Gasteiger partial charge in [-0.3, -0.25) is 0 Å². The monoisotopic (exact) mass is 375 g/mol. The van der Waals surface area contributed by atoms with Gasteiger partial charge >= 0.3 is 5.97 Å². The number of ether oxygens (including phenoxy) is 1. The smallest absolute Gasteiger partial charge is 0.330 e. The predicted octanol–water partition coefficient (Wildman–Crippen LogP) is 4.30. The highest BCUT2D eigenvalue weighted by atomic mass is 16.5. The van der Waals surface area contributed by atoms with E-state index in [0.717, 1.165) is 22.3 Å². The first kappa shape index (κ1) is 19.6. The van der Waals surface area contributed by atoms with Crippen LogP contribution in [0.4, 0.5) is 0 Å². The summed E-state index contributed by atoms with van der Waals surface area (Å²) in [6.45, 7) is 3.98. The summed E-state index contributed by atoms with van der Waals surface area (Å²) in [6.07, 6.45) is 8.66. The summed E-state index contributed by atoms with van der Waals surface area (Å²) in [6, 6.07) is 17.4. The summed E-state index contributed by atoms with van der Waals surface area (Å²) < 4.78 is 5.27. The van der Waals surface area contributed by atoms with Gasteiger partial charge in [0.1, 0.15) is 6.61 Å². The maximum atomic E-state index is 12.0. The zero-order valence-corrected chi connectivity index (χ0v) is 16.1. The molecule has 1 unspecified atom stereocenters. The Morgan fingerprint density at radius 3 is 2.68 bits per heavy atom. The van der Waals surface area contributed by atoms with Crippen LogP contribution in [0.5, 0.6) is 0 Å². The number of dihydropyridines is 1. The van der Waals surface area contributed by atoms with E-state index >= 15 is 0 Å². The van der Waals surface area contributed by atoms with E-state index in [9.17, 15) is 9.90 Å². The standard InChI is InChI=1S/C24H25NO3/c1-18(26)20-9-6-10-21(15-20)22-11-13-24(2,25-16-22)14-12-23(27)28-17-19-7-4-3-5-8-19/h3-16,18,25-26H,17H2,1-2H3/b14-12+/t18-,24?/m1/s1. The molecule has 4 nitrogen and oxygen atoms in total. The number of hydrogen-bond donors (Lipinski definition) is 2. The molecule has 0 saturated heterocycles. The van der Waals surface area contributed by atoms with Crippen molar-refractivity contribution < 1.29 is 14.6 Å². The Hall–Kier alpha value is -3.11.